The van der Waals surface area contributed by atoms with Gasteiger partial charge in [0.1, 0.15) is 29.6 Å². The zero-order valence-corrected chi connectivity index (χ0v) is 16.1. The van der Waals surface area contributed by atoms with Gasteiger partial charge in [0.25, 0.3) is 0 Å². The second kappa shape index (κ2) is 8.09. The second-order valence-corrected chi connectivity index (χ2v) is 6.74. The topological polar surface area (TPSA) is 113 Å². The first-order valence-corrected chi connectivity index (χ1v) is 9.28. The Kier molecular flexibility index (Phi) is 5.18. The predicted octanol–water partition coefficient (Wildman–Crippen LogP) is 3.85. The number of aromatic nitrogens is 4. The molecule has 0 radical (unpaired) electrons. The quantitative estimate of drug-likeness (QED) is 0.522. The molecule has 29 heavy (non-hydrogen) atoms. The fraction of sp³-hybridized carbons (Fsp3) is 0.0952. The van der Waals surface area contributed by atoms with Crippen LogP contribution in [0.1, 0.15) is 11.1 Å². The average molecular weight is 402 g/mol. The number of anilines is 2. The largest absolute Gasteiger partial charge is 0.382 e. The lowest BCUT2D eigenvalue weighted by Gasteiger charge is -2.14. The molecule has 3 N–H and O–H groups in total. The Hall–Kier alpha value is -3.76. The molecular weight excluding hydrogens is 386 g/mol. The molecule has 8 heteroatoms. The number of hydrogen-bond donors (Lipinski definition) is 2. The minimum absolute atomic E-state index is 0.154. The van der Waals surface area contributed by atoms with Crippen molar-refractivity contribution in [2.45, 2.75) is 6.42 Å². The highest BCUT2D eigenvalue weighted by Gasteiger charge is 2.14. The Morgan fingerprint density at radius 2 is 2.00 bits per heavy atom. The summed E-state index contributed by atoms with van der Waals surface area (Å²) >= 11 is 6.25. The van der Waals surface area contributed by atoms with E-state index >= 15 is 0 Å². The van der Waals surface area contributed by atoms with Gasteiger partial charge in [0.05, 0.1) is 11.2 Å². The number of fused-ring (bicyclic) bond motifs is 1. The number of nitrogens with two attached hydrogens (primary N) is 1. The summed E-state index contributed by atoms with van der Waals surface area (Å²) in [6.45, 7) is 0.527. The van der Waals surface area contributed by atoms with Gasteiger partial charge in [-0.25, -0.2) is 9.97 Å². The van der Waals surface area contributed by atoms with Gasteiger partial charge in [0, 0.05) is 34.9 Å². The van der Waals surface area contributed by atoms with E-state index in [1.165, 1.54) is 6.33 Å². The van der Waals surface area contributed by atoms with Crippen LogP contribution in [0, 0.1) is 11.3 Å². The highest BCUT2D eigenvalue weighted by molar-refractivity contribution is 6.31. The third-order valence-corrected chi connectivity index (χ3v) is 4.74. The normalized spacial score (nSPS) is 10.6. The fourth-order valence-electron chi connectivity index (χ4n) is 3.17. The molecule has 0 bridgehead atoms. The molecular formula is C21H16ClN7. The number of rotatable bonds is 5. The third kappa shape index (κ3) is 3.79. The van der Waals surface area contributed by atoms with E-state index in [4.69, 9.17) is 17.3 Å². The standard InChI is InChI=1S/C21H16ClN7/c22-14-4-5-17-15(9-14)19(18-3-1-2-7-25-18)13(11-27-17)6-8-26-21-16(10-23)20(24)28-12-29-21/h1-5,7,9,11-12H,6,8H2,(H3,24,26,28,29). The van der Waals surface area contributed by atoms with Gasteiger partial charge in [-0.05, 0) is 42.3 Å². The van der Waals surface area contributed by atoms with Gasteiger partial charge in [-0.3, -0.25) is 9.97 Å². The van der Waals surface area contributed by atoms with E-state index in [0.717, 1.165) is 27.7 Å². The molecule has 0 saturated carbocycles. The Morgan fingerprint density at radius 1 is 1.10 bits per heavy atom. The highest BCUT2D eigenvalue weighted by Crippen LogP contribution is 2.32. The van der Waals surface area contributed by atoms with E-state index < -0.39 is 0 Å². The number of hydrogen-bond acceptors (Lipinski definition) is 7. The van der Waals surface area contributed by atoms with Crippen molar-refractivity contribution in [2.24, 2.45) is 0 Å². The molecule has 4 aromatic rings. The molecule has 3 aromatic heterocycles. The van der Waals surface area contributed by atoms with E-state index in [2.05, 4.69) is 25.3 Å². The molecule has 4 rings (SSSR count). The number of nitriles is 1. The molecule has 7 nitrogen and oxygen atoms in total. The van der Waals surface area contributed by atoms with Crippen molar-refractivity contribution in [3.05, 3.63) is 71.3 Å². The van der Waals surface area contributed by atoms with Crippen molar-refractivity contribution < 1.29 is 0 Å². The third-order valence-electron chi connectivity index (χ3n) is 4.50. The van der Waals surface area contributed by atoms with Crippen molar-refractivity contribution in [3.8, 4) is 17.3 Å². The van der Waals surface area contributed by atoms with E-state index in [0.29, 0.717) is 23.8 Å². The zero-order valence-electron chi connectivity index (χ0n) is 15.3. The summed E-state index contributed by atoms with van der Waals surface area (Å²) in [6.07, 6.45) is 5.58. The van der Waals surface area contributed by atoms with Crippen LogP contribution in [0.5, 0.6) is 0 Å². The summed E-state index contributed by atoms with van der Waals surface area (Å²) in [4.78, 5) is 17.1. The van der Waals surface area contributed by atoms with E-state index in [-0.39, 0.29) is 11.4 Å². The number of benzene rings is 1. The van der Waals surface area contributed by atoms with Gasteiger partial charge < -0.3 is 11.1 Å². The Bertz CT molecular complexity index is 1220. The Labute approximate surface area is 172 Å². The lowest BCUT2D eigenvalue weighted by Crippen LogP contribution is -2.11. The lowest BCUT2D eigenvalue weighted by atomic mass is 9.98. The molecule has 0 fully saturated rings. The summed E-state index contributed by atoms with van der Waals surface area (Å²) in [5.74, 6) is 0.567. The van der Waals surface area contributed by atoms with Crippen molar-refractivity contribution in [1.29, 1.82) is 5.26 Å². The minimum atomic E-state index is 0.154. The molecule has 0 spiro atoms. The number of nitrogen functional groups attached to an aromatic ring is 1. The SMILES string of the molecule is N#Cc1c(N)ncnc1NCCc1cnc2ccc(Cl)cc2c1-c1ccccn1. The second-order valence-electron chi connectivity index (χ2n) is 6.31. The minimum Gasteiger partial charge on any atom is -0.382 e. The van der Waals surface area contributed by atoms with Crippen LogP contribution in [0.4, 0.5) is 11.6 Å². The van der Waals surface area contributed by atoms with Gasteiger partial charge >= 0.3 is 0 Å². The van der Waals surface area contributed by atoms with Crippen LogP contribution in [0.25, 0.3) is 22.2 Å². The van der Waals surface area contributed by atoms with E-state index in [1.54, 1.807) is 6.20 Å². The first-order chi connectivity index (χ1) is 14.2. The number of pyridine rings is 2. The van der Waals surface area contributed by atoms with Crippen molar-refractivity contribution in [3.63, 3.8) is 0 Å². The molecule has 3 heterocycles. The molecule has 0 atom stereocenters. The molecule has 0 amide bonds. The molecule has 0 saturated heterocycles. The molecule has 0 aliphatic heterocycles. The highest BCUT2D eigenvalue weighted by atomic mass is 35.5. The van der Waals surface area contributed by atoms with Gasteiger partial charge in [0.2, 0.25) is 0 Å². The number of halogens is 1. The first-order valence-electron chi connectivity index (χ1n) is 8.90. The van der Waals surface area contributed by atoms with Crippen LogP contribution >= 0.6 is 11.6 Å². The first kappa shape index (κ1) is 18.6. The van der Waals surface area contributed by atoms with Crippen molar-refractivity contribution in [1.82, 2.24) is 19.9 Å². The molecule has 0 aliphatic rings. The van der Waals surface area contributed by atoms with Crippen LogP contribution in [0.15, 0.2) is 55.1 Å². The van der Waals surface area contributed by atoms with Gasteiger partial charge in [0.15, 0.2) is 0 Å². The summed E-state index contributed by atoms with van der Waals surface area (Å²) in [6, 6.07) is 13.4. The molecule has 1 aromatic carbocycles. The van der Waals surface area contributed by atoms with Crippen LogP contribution in [-0.4, -0.2) is 26.5 Å². The smallest absolute Gasteiger partial charge is 0.149 e. The van der Waals surface area contributed by atoms with Gasteiger partial charge in [-0.1, -0.05) is 17.7 Å². The Balaban J connectivity index is 1.69. The predicted molar refractivity (Wildman–Crippen MR) is 113 cm³/mol. The fourth-order valence-corrected chi connectivity index (χ4v) is 3.34. The monoisotopic (exact) mass is 401 g/mol. The van der Waals surface area contributed by atoms with E-state index in [1.807, 2.05) is 48.7 Å². The van der Waals surface area contributed by atoms with Crippen LogP contribution in [0.2, 0.25) is 5.02 Å². The van der Waals surface area contributed by atoms with Gasteiger partial charge in [-0.15, -0.1) is 0 Å². The molecule has 142 valence electrons. The average Bonchev–Trinajstić information content (AvgIpc) is 2.74. The van der Waals surface area contributed by atoms with Gasteiger partial charge in [-0.2, -0.15) is 5.26 Å². The maximum atomic E-state index is 9.27. The summed E-state index contributed by atoms with van der Waals surface area (Å²) in [5, 5.41) is 14.0. The van der Waals surface area contributed by atoms with E-state index in [9.17, 15) is 5.26 Å². The Morgan fingerprint density at radius 3 is 2.79 bits per heavy atom. The van der Waals surface area contributed by atoms with Crippen LogP contribution in [-0.2, 0) is 6.42 Å². The summed E-state index contributed by atoms with van der Waals surface area (Å²) in [7, 11) is 0. The lowest BCUT2D eigenvalue weighted by molar-refractivity contribution is 0.992. The molecule has 0 unspecified atom stereocenters. The van der Waals surface area contributed by atoms with Crippen molar-refractivity contribution >= 4 is 34.1 Å². The zero-order chi connectivity index (χ0) is 20.2. The maximum absolute atomic E-state index is 9.27. The summed E-state index contributed by atoms with van der Waals surface area (Å²) in [5.41, 5.74) is 9.68. The number of nitrogens with zero attached hydrogens (tertiary/aromatic N) is 5. The van der Waals surface area contributed by atoms with Crippen LogP contribution in [0.3, 0.4) is 0 Å². The van der Waals surface area contributed by atoms with Crippen LogP contribution < -0.4 is 11.1 Å². The maximum Gasteiger partial charge on any atom is 0.149 e. The molecule has 0 aliphatic carbocycles. The van der Waals surface area contributed by atoms with Crippen molar-refractivity contribution in [2.75, 3.05) is 17.6 Å². The summed E-state index contributed by atoms with van der Waals surface area (Å²) < 4.78 is 0. The number of nitrogens with one attached hydrogen (secondary N) is 1.